The van der Waals surface area contributed by atoms with Crippen LogP contribution in [0.1, 0.15) is 22.6 Å². The van der Waals surface area contributed by atoms with Crippen LogP contribution in [0.4, 0.5) is 5.69 Å². The van der Waals surface area contributed by atoms with E-state index in [0.717, 1.165) is 11.1 Å². The summed E-state index contributed by atoms with van der Waals surface area (Å²) >= 11 is 0. The van der Waals surface area contributed by atoms with Gasteiger partial charge in [-0.1, -0.05) is 66.2 Å². The van der Waals surface area contributed by atoms with E-state index in [9.17, 15) is 18.5 Å². The zero-order chi connectivity index (χ0) is 26.3. The van der Waals surface area contributed by atoms with Gasteiger partial charge in [-0.3, -0.25) is 4.79 Å². The number of hydrogen-bond donors (Lipinski definition) is 1. The molecule has 0 aliphatic heterocycles. The summed E-state index contributed by atoms with van der Waals surface area (Å²) < 4.78 is 34.2. The highest BCUT2D eigenvalue weighted by Gasteiger charge is 2.26. The molecule has 0 unspecified atom stereocenters. The lowest BCUT2D eigenvalue weighted by Crippen LogP contribution is -2.30. The molecule has 0 fully saturated rings. The number of aryl methyl sites for hydroxylation is 1. The van der Waals surface area contributed by atoms with Crippen molar-refractivity contribution < 1.29 is 17.6 Å². The van der Waals surface area contributed by atoms with Gasteiger partial charge in [0.2, 0.25) is 10.0 Å². The molecule has 0 saturated heterocycles. The molecule has 0 saturated carbocycles. The third kappa shape index (κ3) is 6.61. The van der Waals surface area contributed by atoms with E-state index in [4.69, 9.17) is 4.42 Å². The van der Waals surface area contributed by atoms with Gasteiger partial charge in [0.15, 0.2) is 0 Å². The number of nitriles is 1. The maximum atomic E-state index is 13.5. The Morgan fingerprint density at radius 3 is 2.22 bits per heavy atom. The minimum atomic E-state index is -3.84. The molecule has 1 aromatic heterocycles. The third-order valence-electron chi connectivity index (χ3n) is 5.56. The first-order valence-electron chi connectivity index (χ1n) is 11.5. The van der Waals surface area contributed by atoms with E-state index in [-0.39, 0.29) is 29.3 Å². The van der Waals surface area contributed by atoms with Crippen LogP contribution in [0.2, 0.25) is 0 Å². The van der Waals surface area contributed by atoms with Crippen molar-refractivity contribution in [3.8, 4) is 6.07 Å². The molecule has 37 heavy (non-hydrogen) atoms. The Balaban J connectivity index is 1.57. The first kappa shape index (κ1) is 25.6. The van der Waals surface area contributed by atoms with Crippen LogP contribution in [-0.4, -0.2) is 18.6 Å². The van der Waals surface area contributed by atoms with Gasteiger partial charge in [-0.25, -0.2) is 8.42 Å². The van der Waals surface area contributed by atoms with E-state index >= 15 is 0 Å². The maximum absolute atomic E-state index is 13.5. The Labute approximate surface area is 216 Å². The molecule has 1 N–H and O–H groups in total. The van der Waals surface area contributed by atoms with Crippen LogP contribution in [-0.2, 0) is 27.9 Å². The van der Waals surface area contributed by atoms with Gasteiger partial charge in [-0.05, 0) is 48.9 Å². The molecule has 0 radical (unpaired) electrons. The predicted octanol–water partition coefficient (Wildman–Crippen LogP) is 5.52. The number of sulfonamides is 1. The lowest BCUT2D eigenvalue weighted by molar-refractivity contribution is -0.112. The average Bonchev–Trinajstić information content (AvgIpc) is 3.35. The van der Waals surface area contributed by atoms with Crippen molar-refractivity contribution >= 4 is 27.7 Å². The van der Waals surface area contributed by atoms with Gasteiger partial charge in [-0.2, -0.15) is 9.57 Å². The molecule has 8 heteroatoms. The van der Waals surface area contributed by atoms with Crippen LogP contribution in [0, 0.1) is 18.3 Å². The van der Waals surface area contributed by atoms with Crippen molar-refractivity contribution in [2.45, 2.75) is 24.9 Å². The second-order valence-electron chi connectivity index (χ2n) is 8.37. The minimum absolute atomic E-state index is 0.0307. The van der Waals surface area contributed by atoms with Crippen molar-refractivity contribution in [2.75, 3.05) is 5.32 Å². The molecule has 0 aliphatic rings. The number of carbonyl (C=O) groups excluding carboxylic acids is 1. The molecular weight excluding hydrogens is 486 g/mol. The molecule has 1 heterocycles. The summed E-state index contributed by atoms with van der Waals surface area (Å²) in [7, 11) is -3.84. The van der Waals surface area contributed by atoms with Crippen LogP contribution in [0.5, 0.6) is 0 Å². The smallest absolute Gasteiger partial charge is 0.266 e. The van der Waals surface area contributed by atoms with Gasteiger partial charge in [0.25, 0.3) is 5.91 Å². The zero-order valence-corrected chi connectivity index (χ0v) is 21.0. The third-order valence-corrected chi connectivity index (χ3v) is 7.36. The largest absolute Gasteiger partial charge is 0.460 e. The fourth-order valence-corrected chi connectivity index (χ4v) is 5.01. The molecule has 3 aromatic carbocycles. The SMILES string of the molecule is Cc1ccc(S(=O)(=O)N(Cc2ccccc2)Cc2ccc(/C=C(/C#N)C(=O)Nc3ccccc3)o2)cc1. The van der Waals surface area contributed by atoms with Crippen molar-refractivity contribution in [3.63, 3.8) is 0 Å². The monoisotopic (exact) mass is 511 g/mol. The van der Waals surface area contributed by atoms with Crippen LogP contribution in [0.25, 0.3) is 6.08 Å². The van der Waals surface area contributed by atoms with Gasteiger partial charge < -0.3 is 9.73 Å². The summed E-state index contributed by atoms with van der Waals surface area (Å²) in [6.45, 7) is 2.01. The molecule has 0 spiro atoms. The summed E-state index contributed by atoms with van der Waals surface area (Å²) in [5, 5.41) is 12.2. The van der Waals surface area contributed by atoms with Crippen LogP contribution in [0.3, 0.4) is 0 Å². The Morgan fingerprint density at radius 2 is 1.57 bits per heavy atom. The number of benzene rings is 3. The molecule has 4 rings (SSSR count). The van der Waals surface area contributed by atoms with Crippen molar-refractivity contribution in [3.05, 3.63) is 125 Å². The fourth-order valence-electron chi connectivity index (χ4n) is 3.61. The predicted molar refractivity (Wildman–Crippen MR) is 141 cm³/mol. The summed E-state index contributed by atoms with van der Waals surface area (Å²) in [5.41, 5.74) is 2.21. The average molecular weight is 512 g/mol. The normalized spacial score (nSPS) is 11.8. The lowest BCUT2D eigenvalue weighted by atomic mass is 10.2. The second kappa shape index (κ2) is 11.5. The van der Waals surface area contributed by atoms with Crippen LogP contribution < -0.4 is 5.32 Å². The molecule has 1 amide bonds. The van der Waals surface area contributed by atoms with Gasteiger partial charge in [0, 0.05) is 18.3 Å². The summed E-state index contributed by atoms with van der Waals surface area (Å²) in [6, 6.07) is 29.9. The summed E-state index contributed by atoms with van der Waals surface area (Å²) in [6.07, 6.45) is 1.33. The Bertz CT molecular complexity index is 1540. The van der Waals surface area contributed by atoms with E-state index in [2.05, 4.69) is 5.32 Å². The van der Waals surface area contributed by atoms with E-state index < -0.39 is 15.9 Å². The second-order valence-corrected chi connectivity index (χ2v) is 10.3. The minimum Gasteiger partial charge on any atom is -0.460 e. The molecular formula is C29H25N3O4S. The summed E-state index contributed by atoms with van der Waals surface area (Å²) in [5.74, 6) is 0.0695. The highest BCUT2D eigenvalue weighted by molar-refractivity contribution is 7.89. The molecule has 0 bridgehead atoms. The Morgan fingerprint density at radius 1 is 0.919 bits per heavy atom. The van der Waals surface area contributed by atoms with E-state index in [1.807, 2.05) is 49.4 Å². The number of para-hydroxylation sites is 1. The van der Waals surface area contributed by atoms with E-state index in [1.165, 1.54) is 10.4 Å². The van der Waals surface area contributed by atoms with Gasteiger partial charge in [0.1, 0.15) is 23.2 Å². The number of furan rings is 1. The lowest BCUT2D eigenvalue weighted by Gasteiger charge is -2.21. The number of nitrogens with zero attached hydrogens (tertiary/aromatic N) is 2. The highest BCUT2D eigenvalue weighted by Crippen LogP contribution is 2.23. The molecule has 7 nitrogen and oxygen atoms in total. The fraction of sp³-hybridized carbons (Fsp3) is 0.103. The first-order valence-corrected chi connectivity index (χ1v) is 13.0. The molecule has 186 valence electrons. The topological polar surface area (TPSA) is 103 Å². The first-order chi connectivity index (χ1) is 17.8. The highest BCUT2D eigenvalue weighted by atomic mass is 32.2. The number of hydrogen-bond acceptors (Lipinski definition) is 5. The molecule has 4 aromatic rings. The molecule has 0 aliphatic carbocycles. The van der Waals surface area contributed by atoms with Crippen molar-refractivity contribution in [2.24, 2.45) is 0 Å². The van der Waals surface area contributed by atoms with E-state index in [0.29, 0.717) is 11.4 Å². The van der Waals surface area contributed by atoms with Crippen LogP contribution >= 0.6 is 0 Å². The number of amides is 1. The molecule has 0 atom stereocenters. The number of carbonyl (C=O) groups is 1. The summed E-state index contributed by atoms with van der Waals surface area (Å²) in [4.78, 5) is 12.7. The Kier molecular flexibility index (Phi) is 7.98. The Hall–Kier alpha value is -4.45. The zero-order valence-electron chi connectivity index (χ0n) is 20.2. The van der Waals surface area contributed by atoms with Crippen molar-refractivity contribution in [1.82, 2.24) is 4.31 Å². The van der Waals surface area contributed by atoms with Crippen LogP contribution in [0.15, 0.2) is 112 Å². The number of rotatable bonds is 9. The van der Waals surface area contributed by atoms with Gasteiger partial charge >= 0.3 is 0 Å². The standard InChI is InChI=1S/C29H25N3O4S/c1-22-12-16-28(17-13-22)37(34,35)32(20-23-8-4-2-5-9-23)21-27-15-14-26(36-27)18-24(19-30)29(33)31-25-10-6-3-7-11-25/h2-18H,20-21H2,1H3,(H,31,33)/b24-18-. The van der Waals surface area contributed by atoms with Crippen molar-refractivity contribution in [1.29, 1.82) is 5.26 Å². The quantitative estimate of drug-likeness (QED) is 0.235. The number of anilines is 1. The van der Waals surface area contributed by atoms with Gasteiger partial charge in [0.05, 0.1) is 11.4 Å². The van der Waals surface area contributed by atoms with E-state index in [1.54, 1.807) is 60.7 Å². The van der Waals surface area contributed by atoms with Gasteiger partial charge in [-0.15, -0.1) is 0 Å². The maximum Gasteiger partial charge on any atom is 0.266 e. The number of nitrogens with one attached hydrogen (secondary N) is 1.